The molecule has 0 amide bonds. The largest absolute Gasteiger partial charge is 0.496 e. The fourth-order valence-corrected chi connectivity index (χ4v) is 6.68. The van der Waals surface area contributed by atoms with E-state index >= 15 is 0 Å². The molecule has 5 rings (SSSR count). The molecule has 2 aliphatic carbocycles. The molecule has 5 nitrogen and oxygen atoms in total. The monoisotopic (exact) mass is 385 g/mol. The zero-order valence-electron chi connectivity index (χ0n) is 17.1. The van der Waals surface area contributed by atoms with Crippen LogP contribution in [0.2, 0.25) is 0 Å². The molecule has 0 radical (unpaired) electrons. The summed E-state index contributed by atoms with van der Waals surface area (Å²) in [5.41, 5.74) is 1.22. The van der Waals surface area contributed by atoms with E-state index in [0.717, 1.165) is 17.7 Å². The maximum Gasteiger partial charge on any atom is 0.311 e. The highest BCUT2D eigenvalue weighted by Crippen LogP contribution is 2.70. The summed E-state index contributed by atoms with van der Waals surface area (Å²) in [6.07, 6.45) is 4.82. The molecule has 2 aliphatic heterocycles. The first-order valence-corrected chi connectivity index (χ1v) is 10.7. The third kappa shape index (κ3) is 2.48. The van der Waals surface area contributed by atoms with Crippen molar-refractivity contribution in [2.75, 3.05) is 13.7 Å². The van der Waals surface area contributed by atoms with Gasteiger partial charge in [0.2, 0.25) is 0 Å². The Kier molecular flexibility index (Phi) is 4.25. The van der Waals surface area contributed by atoms with Crippen molar-refractivity contribution in [3.63, 3.8) is 0 Å². The van der Waals surface area contributed by atoms with E-state index in [2.05, 4.69) is 25.2 Å². The number of carbonyl (C=O) groups is 1. The highest BCUT2D eigenvalue weighted by Gasteiger charge is 2.78. The van der Waals surface area contributed by atoms with Gasteiger partial charge in [-0.1, -0.05) is 38.5 Å². The van der Waals surface area contributed by atoms with Crippen LogP contribution in [0.3, 0.4) is 0 Å². The number of para-hydroxylation sites is 1. The summed E-state index contributed by atoms with van der Waals surface area (Å²) in [6.45, 7) is 6.00. The molecule has 4 aliphatic rings. The molecule has 2 heterocycles. The van der Waals surface area contributed by atoms with Crippen LogP contribution in [-0.2, 0) is 20.8 Å². The smallest absolute Gasteiger partial charge is 0.311 e. The highest BCUT2D eigenvalue weighted by atomic mass is 16.6. The van der Waals surface area contributed by atoms with Crippen molar-refractivity contribution in [2.24, 2.45) is 23.2 Å². The number of nitrogens with one attached hydrogen (secondary N) is 1. The SMILES string of the molecule is COc1ccccc1CNC[C@@H]1C(=O)O[C@@H]2C[C@@]3(C)CCC[C@H](C)[C@@]34O[C@H]4[C@H]12. The first-order chi connectivity index (χ1) is 13.5. The summed E-state index contributed by atoms with van der Waals surface area (Å²) in [4.78, 5) is 12.7. The number of benzene rings is 1. The lowest BCUT2D eigenvalue weighted by Gasteiger charge is -2.48. The molecule has 152 valence electrons. The fraction of sp³-hybridized carbons (Fsp3) is 0.696. The number of hydrogen-bond donors (Lipinski definition) is 1. The summed E-state index contributed by atoms with van der Waals surface area (Å²) in [7, 11) is 1.69. The van der Waals surface area contributed by atoms with Gasteiger partial charge in [-0.3, -0.25) is 4.79 Å². The van der Waals surface area contributed by atoms with E-state index in [1.165, 1.54) is 19.3 Å². The summed E-state index contributed by atoms with van der Waals surface area (Å²) < 4.78 is 17.8. The van der Waals surface area contributed by atoms with Crippen LogP contribution in [-0.4, -0.2) is 37.4 Å². The highest BCUT2D eigenvalue weighted by molar-refractivity contribution is 5.76. The van der Waals surface area contributed by atoms with Crippen molar-refractivity contribution in [3.05, 3.63) is 29.8 Å². The zero-order valence-corrected chi connectivity index (χ0v) is 17.1. The van der Waals surface area contributed by atoms with Crippen molar-refractivity contribution < 1.29 is 19.0 Å². The van der Waals surface area contributed by atoms with Crippen molar-refractivity contribution >= 4 is 5.97 Å². The van der Waals surface area contributed by atoms with Gasteiger partial charge in [0.25, 0.3) is 0 Å². The minimum absolute atomic E-state index is 0.0153. The molecule has 1 aromatic rings. The first kappa shape index (κ1) is 18.4. The summed E-state index contributed by atoms with van der Waals surface area (Å²) >= 11 is 0. The second-order valence-corrected chi connectivity index (χ2v) is 9.49. The average molecular weight is 386 g/mol. The van der Waals surface area contributed by atoms with Crippen LogP contribution in [0.4, 0.5) is 0 Å². The summed E-state index contributed by atoms with van der Waals surface area (Å²) in [5.74, 6) is 1.45. The van der Waals surface area contributed by atoms with Crippen LogP contribution >= 0.6 is 0 Å². The van der Waals surface area contributed by atoms with Gasteiger partial charge in [0, 0.05) is 30.0 Å². The standard InChI is InChI=1S/C23H31NO4/c1-14-7-6-10-22(2)11-18-19(20-23(14,22)28-20)16(21(25)27-18)13-24-12-15-8-4-5-9-17(15)26-3/h4-5,8-9,14,16,18-20,24H,6-7,10-13H2,1-3H3/t14-,16-,18+,19+,20-,22+,23-/m0/s1. The average Bonchev–Trinajstić information content (AvgIpc) is 3.36. The summed E-state index contributed by atoms with van der Waals surface area (Å²) in [5, 5.41) is 3.47. The van der Waals surface area contributed by atoms with Gasteiger partial charge in [0.1, 0.15) is 17.5 Å². The number of carbonyl (C=O) groups excluding carboxylic acids is 1. The van der Waals surface area contributed by atoms with E-state index in [1.54, 1.807) is 7.11 Å². The molecule has 0 aromatic heterocycles. The lowest BCUT2D eigenvalue weighted by molar-refractivity contribution is -0.146. The van der Waals surface area contributed by atoms with E-state index in [9.17, 15) is 4.79 Å². The molecular weight excluding hydrogens is 354 g/mol. The molecule has 2 saturated carbocycles. The van der Waals surface area contributed by atoms with Gasteiger partial charge in [-0.05, 0) is 31.2 Å². The lowest BCUT2D eigenvalue weighted by Crippen LogP contribution is -2.54. The van der Waals surface area contributed by atoms with Crippen LogP contribution in [0, 0.1) is 23.2 Å². The predicted molar refractivity (Wildman–Crippen MR) is 105 cm³/mol. The Hall–Kier alpha value is -1.59. The van der Waals surface area contributed by atoms with E-state index in [0.29, 0.717) is 19.0 Å². The van der Waals surface area contributed by atoms with Gasteiger partial charge in [0.15, 0.2) is 0 Å². The number of hydrogen-bond acceptors (Lipinski definition) is 5. The van der Waals surface area contributed by atoms with Crippen molar-refractivity contribution in [1.29, 1.82) is 0 Å². The third-order valence-corrected chi connectivity index (χ3v) is 8.07. The summed E-state index contributed by atoms with van der Waals surface area (Å²) in [6, 6.07) is 7.99. The van der Waals surface area contributed by atoms with Crippen LogP contribution in [0.25, 0.3) is 0 Å². The molecular formula is C23H31NO4. The first-order valence-electron chi connectivity index (χ1n) is 10.7. The topological polar surface area (TPSA) is 60.1 Å². The third-order valence-electron chi connectivity index (χ3n) is 8.07. The number of ether oxygens (including phenoxy) is 3. The van der Waals surface area contributed by atoms with Crippen LogP contribution in [0.15, 0.2) is 24.3 Å². The van der Waals surface area contributed by atoms with Crippen LogP contribution < -0.4 is 10.1 Å². The number of fused-ring (bicyclic) bond motifs is 2. The number of epoxide rings is 1. The molecule has 0 bridgehead atoms. The lowest BCUT2D eigenvalue weighted by atomic mass is 9.53. The molecule has 1 aromatic carbocycles. The molecule has 1 N–H and O–H groups in total. The van der Waals surface area contributed by atoms with E-state index < -0.39 is 0 Å². The Bertz CT molecular complexity index is 782. The number of methoxy groups -OCH3 is 1. The van der Waals surface area contributed by atoms with Gasteiger partial charge in [-0.2, -0.15) is 0 Å². The molecule has 0 unspecified atom stereocenters. The second-order valence-electron chi connectivity index (χ2n) is 9.49. The Morgan fingerprint density at radius 3 is 2.96 bits per heavy atom. The van der Waals surface area contributed by atoms with Gasteiger partial charge in [-0.25, -0.2) is 0 Å². The molecule has 28 heavy (non-hydrogen) atoms. The van der Waals surface area contributed by atoms with Gasteiger partial charge < -0.3 is 19.5 Å². The maximum atomic E-state index is 12.7. The Labute approximate surface area is 167 Å². The molecule has 4 fully saturated rings. The maximum absolute atomic E-state index is 12.7. The molecule has 1 spiro atoms. The molecule has 5 heteroatoms. The quantitative estimate of drug-likeness (QED) is 0.622. The van der Waals surface area contributed by atoms with Gasteiger partial charge in [0.05, 0.1) is 19.1 Å². The zero-order chi connectivity index (χ0) is 19.5. The normalized spacial score (nSPS) is 43.5. The van der Waals surface area contributed by atoms with Gasteiger partial charge in [-0.15, -0.1) is 0 Å². The fourth-order valence-electron chi connectivity index (χ4n) is 6.68. The molecule has 7 atom stereocenters. The predicted octanol–water partition coefficient (Wildman–Crippen LogP) is 3.31. The van der Waals surface area contributed by atoms with E-state index in [-0.39, 0.29) is 41.0 Å². The van der Waals surface area contributed by atoms with Crippen molar-refractivity contribution in [3.8, 4) is 5.75 Å². The van der Waals surface area contributed by atoms with Crippen molar-refractivity contribution in [1.82, 2.24) is 5.32 Å². The second kappa shape index (κ2) is 6.46. The van der Waals surface area contributed by atoms with E-state index in [4.69, 9.17) is 14.2 Å². The van der Waals surface area contributed by atoms with Gasteiger partial charge >= 0.3 is 5.97 Å². The number of rotatable bonds is 5. The van der Waals surface area contributed by atoms with E-state index in [1.807, 2.05) is 18.2 Å². The number of esters is 1. The van der Waals surface area contributed by atoms with Crippen LogP contribution in [0.5, 0.6) is 5.75 Å². The van der Waals surface area contributed by atoms with Crippen molar-refractivity contribution in [2.45, 2.75) is 63.9 Å². The Morgan fingerprint density at radius 1 is 1.32 bits per heavy atom. The Morgan fingerprint density at radius 2 is 2.14 bits per heavy atom. The van der Waals surface area contributed by atoms with Crippen LogP contribution in [0.1, 0.15) is 45.1 Å². The molecule has 2 saturated heterocycles. The Balaban J connectivity index is 1.30. The minimum atomic E-state index is -0.122. The minimum Gasteiger partial charge on any atom is -0.496 e.